The Balaban J connectivity index is 2.11. The molecule has 0 spiro atoms. The number of carbonyl (C=O) groups excluding carboxylic acids is 9. The molecule has 0 radical (unpaired) electrons. The van der Waals surface area contributed by atoms with E-state index in [0.717, 1.165) is 50.8 Å². The van der Waals surface area contributed by atoms with E-state index < -0.39 is 139 Å². The summed E-state index contributed by atoms with van der Waals surface area (Å²) in [5, 5.41) is 39.4. The first-order valence-corrected chi connectivity index (χ1v) is 22.5. The number of amides is 8. The van der Waals surface area contributed by atoms with Crippen molar-refractivity contribution in [1.82, 2.24) is 47.5 Å². The fourth-order valence-corrected chi connectivity index (χ4v) is 7.68. The topological polar surface area (TPSA) is 372 Å². The van der Waals surface area contributed by atoms with Crippen LogP contribution in [0, 0.1) is 11.8 Å². The average Bonchev–Trinajstić information content (AvgIpc) is 3.26. The number of nitrogens with two attached hydrogens (primary N) is 2. The molecule has 14 N–H and O–H groups in total. The highest BCUT2D eigenvalue weighted by molar-refractivity contribution is 8.00. The predicted octanol–water partition coefficient (Wildman–Crippen LogP) is -3.90. The number of nitrogens with one attached hydrogen (secondary N) is 8. The van der Waals surface area contributed by atoms with E-state index in [-0.39, 0.29) is 12.2 Å². The number of nitrogens with zero attached hydrogens (tertiary/aromatic N) is 1. The minimum Gasteiger partial charge on any atom is -0.481 e. The van der Waals surface area contributed by atoms with Crippen LogP contribution in [0.15, 0.2) is 24.5 Å². The second-order valence-corrected chi connectivity index (χ2v) is 17.1. The lowest BCUT2D eigenvalue weighted by Crippen LogP contribution is -2.60. The van der Waals surface area contributed by atoms with E-state index in [4.69, 9.17) is 11.5 Å². The number of carboxylic acids is 1. The van der Waals surface area contributed by atoms with Gasteiger partial charge in [0.25, 0.3) is 0 Å². The highest BCUT2D eigenvalue weighted by Crippen LogP contribution is 2.27. The van der Waals surface area contributed by atoms with E-state index in [9.17, 15) is 58.2 Å². The second kappa shape index (κ2) is 28.9. The standard InChI is InChI=1S/C41H65N11O12S/c1-22(2)35(52-37(60)27(44-4)14-24-8-6-5-7-9-24)41(64)50-30(19-53)40(63)51-31(36(59)46-18-32(43)55)20-65-21-33(56)47-29(17-42)39(62)49-28(15-25-10-12-45-13-11-25)38(61)48-26(23(3)54)16-34(57)58/h10-13,22,24,26-31,35,44,53H,5-9,14-21,42H2,1-4H3,(H2,43,55)(H,46,59)(H,47,56)(H,48,61)(H,49,62)(H,50,64)(H,51,63)(H,52,60)(H,57,58)/t26-,27-,28-,29-,30-,31-,35-/m0/s1. The Labute approximate surface area is 381 Å². The maximum absolute atomic E-state index is 13.5. The van der Waals surface area contributed by atoms with E-state index in [1.54, 1.807) is 33.0 Å². The lowest BCUT2D eigenvalue weighted by atomic mass is 9.84. The molecule has 0 saturated heterocycles. The summed E-state index contributed by atoms with van der Waals surface area (Å²) in [6, 6.07) is -5.71. The fourth-order valence-electron chi connectivity index (χ4n) is 6.83. The van der Waals surface area contributed by atoms with Crippen LogP contribution < -0.4 is 54.0 Å². The van der Waals surface area contributed by atoms with Gasteiger partial charge in [0.15, 0.2) is 5.78 Å². The van der Waals surface area contributed by atoms with Gasteiger partial charge in [0, 0.05) is 31.1 Å². The van der Waals surface area contributed by atoms with Crippen LogP contribution in [0.25, 0.3) is 0 Å². The zero-order valence-electron chi connectivity index (χ0n) is 37.2. The molecule has 65 heavy (non-hydrogen) atoms. The van der Waals surface area contributed by atoms with Crippen LogP contribution in [0.4, 0.5) is 0 Å². The summed E-state index contributed by atoms with van der Waals surface area (Å²) >= 11 is 0.809. The lowest BCUT2D eigenvalue weighted by molar-refractivity contribution is -0.140. The van der Waals surface area contributed by atoms with Crippen molar-refractivity contribution in [2.75, 3.05) is 38.2 Å². The van der Waals surface area contributed by atoms with Gasteiger partial charge in [-0.15, -0.1) is 11.8 Å². The lowest BCUT2D eigenvalue weighted by Gasteiger charge is -2.29. The molecule has 23 nitrogen and oxygen atoms in total. The number of hydrogen-bond donors (Lipinski definition) is 12. The normalized spacial score (nSPS) is 15.9. The molecular weight excluding hydrogens is 871 g/mol. The van der Waals surface area contributed by atoms with E-state index in [1.807, 2.05) is 0 Å². The van der Waals surface area contributed by atoms with Gasteiger partial charge in [0.05, 0.1) is 37.4 Å². The van der Waals surface area contributed by atoms with Gasteiger partial charge in [-0.05, 0) is 49.9 Å². The minimum atomic E-state index is -1.60. The van der Waals surface area contributed by atoms with Gasteiger partial charge in [0.2, 0.25) is 47.3 Å². The maximum atomic E-state index is 13.5. The highest BCUT2D eigenvalue weighted by atomic mass is 32.2. The zero-order chi connectivity index (χ0) is 48.6. The molecule has 1 aliphatic carbocycles. The number of hydrogen-bond acceptors (Lipinski definition) is 15. The third-order valence-electron chi connectivity index (χ3n) is 10.5. The fraction of sp³-hybridized carbons (Fsp3) is 0.634. The number of aliphatic hydroxyl groups excluding tert-OH is 1. The second-order valence-electron chi connectivity index (χ2n) is 16.1. The number of Topliss-reactive ketones (excluding diaryl/α,β-unsaturated/α-hetero) is 1. The number of primary amides is 1. The molecule has 0 bridgehead atoms. The van der Waals surface area contributed by atoms with Crippen LogP contribution >= 0.6 is 11.8 Å². The summed E-state index contributed by atoms with van der Waals surface area (Å²) in [5.74, 6) is -9.28. The molecule has 1 aromatic heterocycles. The number of aliphatic hydroxyl groups is 1. The van der Waals surface area contributed by atoms with Crippen LogP contribution in [0.2, 0.25) is 0 Å². The van der Waals surface area contributed by atoms with Gasteiger partial charge in [-0.2, -0.15) is 0 Å². The number of thioether (sulfide) groups is 1. The van der Waals surface area contributed by atoms with Gasteiger partial charge >= 0.3 is 5.97 Å². The Hall–Kier alpha value is -5.72. The summed E-state index contributed by atoms with van der Waals surface area (Å²) < 4.78 is 0. The molecule has 1 aromatic rings. The molecule has 1 saturated carbocycles. The molecule has 7 atom stereocenters. The monoisotopic (exact) mass is 935 g/mol. The summed E-state index contributed by atoms with van der Waals surface area (Å²) in [5.41, 5.74) is 11.5. The van der Waals surface area contributed by atoms with Gasteiger partial charge in [-0.1, -0.05) is 46.0 Å². The molecule has 1 aliphatic rings. The Morgan fingerprint density at radius 3 is 1.88 bits per heavy atom. The van der Waals surface area contributed by atoms with Crippen LogP contribution in [0.3, 0.4) is 0 Å². The van der Waals surface area contributed by atoms with Gasteiger partial charge in [-0.3, -0.25) is 52.9 Å². The first-order valence-electron chi connectivity index (χ1n) is 21.3. The number of aromatic nitrogens is 1. The van der Waals surface area contributed by atoms with Gasteiger partial charge in [-0.25, -0.2) is 0 Å². The van der Waals surface area contributed by atoms with Gasteiger partial charge < -0.3 is 64.2 Å². The highest BCUT2D eigenvalue weighted by Gasteiger charge is 2.34. The van der Waals surface area contributed by atoms with Crippen molar-refractivity contribution in [1.29, 1.82) is 0 Å². The van der Waals surface area contributed by atoms with Crippen molar-refractivity contribution in [3.8, 4) is 0 Å². The number of ketones is 1. The average molecular weight is 936 g/mol. The van der Waals surface area contributed by atoms with E-state index >= 15 is 0 Å². The van der Waals surface area contributed by atoms with Crippen molar-refractivity contribution in [2.45, 2.75) is 114 Å². The summed E-state index contributed by atoms with van der Waals surface area (Å²) in [6.07, 6.45) is 8.02. The summed E-state index contributed by atoms with van der Waals surface area (Å²) in [6.45, 7) is 2.53. The quantitative estimate of drug-likeness (QED) is 0.0365. The molecule has 24 heteroatoms. The van der Waals surface area contributed by atoms with Crippen molar-refractivity contribution in [2.24, 2.45) is 23.3 Å². The molecule has 2 rings (SSSR count). The van der Waals surface area contributed by atoms with Gasteiger partial charge in [0.1, 0.15) is 30.2 Å². The number of carboxylic acid groups (broad SMARTS) is 1. The predicted molar refractivity (Wildman–Crippen MR) is 237 cm³/mol. The number of aliphatic carboxylic acids is 1. The van der Waals surface area contributed by atoms with Crippen molar-refractivity contribution < 1.29 is 58.2 Å². The smallest absolute Gasteiger partial charge is 0.305 e. The van der Waals surface area contributed by atoms with Crippen LogP contribution in [-0.2, 0) is 54.4 Å². The molecule has 0 aromatic carbocycles. The zero-order valence-corrected chi connectivity index (χ0v) is 38.0. The first-order chi connectivity index (χ1) is 30.8. The van der Waals surface area contributed by atoms with E-state index in [2.05, 4.69) is 47.5 Å². The summed E-state index contributed by atoms with van der Waals surface area (Å²) in [4.78, 5) is 132. The molecular formula is C41H65N11O12S. The molecule has 0 unspecified atom stereocenters. The Morgan fingerprint density at radius 2 is 1.32 bits per heavy atom. The van der Waals surface area contributed by atoms with E-state index in [1.165, 1.54) is 12.4 Å². The third kappa shape index (κ3) is 20.3. The number of rotatable bonds is 29. The summed E-state index contributed by atoms with van der Waals surface area (Å²) in [7, 11) is 1.66. The largest absolute Gasteiger partial charge is 0.481 e. The first kappa shape index (κ1) is 55.4. The molecule has 362 valence electrons. The molecule has 8 amide bonds. The Morgan fingerprint density at radius 1 is 0.754 bits per heavy atom. The number of likely N-dealkylation sites (N-methyl/N-ethyl adjacent to an activating group) is 1. The molecule has 1 fully saturated rings. The van der Waals surface area contributed by atoms with Crippen LogP contribution in [0.5, 0.6) is 0 Å². The molecule has 0 aliphatic heterocycles. The molecule has 1 heterocycles. The van der Waals surface area contributed by atoms with Crippen molar-refractivity contribution >= 4 is 70.8 Å². The van der Waals surface area contributed by atoms with Crippen molar-refractivity contribution in [3.05, 3.63) is 30.1 Å². The van der Waals surface area contributed by atoms with Crippen LogP contribution in [0.1, 0.15) is 71.3 Å². The third-order valence-corrected chi connectivity index (χ3v) is 11.5. The maximum Gasteiger partial charge on any atom is 0.305 e. The number of carbonyl (C=O) groups is 10. The SMILES string of the molecule is CN[C@@H](CC1CCCCC1)C(=O)N[C@H](C(=O)N[C@@H](CO)C(=O)N[C@@H](CSCC(=O)N[C@@H](CN)C(=O)N[C@@H](Cc1ccncc1)C(=O)N[C@@H](CC(=O)O)C(C)=O)C(=O)NCC(N)=O)C(C)C. The minimum absolute atomic E-state index is 0.114. The van der Waals surface area contributed by atoms with Crippen molar-refractivity contribution in [3.63, 3.8) is 0 Å². The number of pyridine rings is 1. The van der Waals surface area contributed by atoms with E-state index in [0.29, 0.717) is 17.9 Å². The van der Waals surface area contributed by atoms with Crippen LogP contribution in [-0.4, -0.2) is 155 Å². The Bertz CT molecular complexity index is 1800. The Kier molecular flexibility index (Phi) is 24.7.